The molecular weight excluding hydrogens is 458 g/mol. The lowest BCUT2D eigenvalue weighted by molar-refractivity contribution is 0.0730. The van der Waals surface area contributed by atoms with Crippen molar-refractivity contribution in [1.29, 1.82) is 0 Å². The molecule has 1 aromatic heterocycles. The first-order valence-corrected chi connectivity index (χ1v) is 12.3. The first-order chi connectivity index (χ1) is 16.2. The third kappa shape index (κ3) is 4.56. The van der Waals surface area contributed by atoms with E-state index in [-0.39, 0.29) is 35.5 Å². The highest BCUT2D eigenvalue weighted by molar-refractivity contribution is 7.89. The highest BCUT2D eigenvalue weighted by Crippen LogP contribution is 2.27. The number of pyridine rings is 1. The van der Waals surface area contributed by atoms with E-state index in [4.69, 9.17) is 9.47 Å². The van der Waals surface area contributed by atoms with Crippen molar-refractivity contribution in [3.05, 3.63) is 70.0 Å². The maximum absolute atomic E-state index is 13.5. The van der Waals surface area contributed by atoms with Crippen molar-refractivity contribution in [3.8, 4) is 5.75 Å². The number of morpholine rings is 1. The second-order valence-corrected chi connectivity index (χ2v) is 10.1. The van der Waals surface area contributed by atoms with Gasteiger partial charge in [-0.15, -0.1) is 0 Å². The standard InChI is InChI=1S/C24H27N3O6S/c1-16(17-4-6-18(32-3)7-5-17)26(2)24(29)21-15-23(28)25-22-9-8-19(14-20(21)22)34(30,31)27-10-12-33-13-11-27/h4-9,14-16H,10-13H2,1-3H3,(H,25,28). The summed E-state index contributed by atoms with van der Waals surface area (Å²) in [5, 5.41) is 0.368. The second kappa shape index (κ2) is 9.57. The van der Waals surface area contributed by atoms with Crippen molar-refractivity contribution in [2.45, 2.75) is 17.9 Å². The van der Waals surface area contributed by atoms with Gasteiger partial charge in [-0.2, -0.15) is 4.31 Å². The summed E-state index contributed by atoms with van der Waals surface area (Å²) in [4.78, 5) is 30.1. The topological polar surface area (TPSA) is 109 Å². The number of fused-ring (bicyclic) bond motifs is 1. The Hall–Kier alpha value is -3.21. The van der Waals surface area contributed by atoms with Gasteiger partial charge in [-0.3, -0.25) is 9.59 Å². The van der Waals surface area contributed by atoms with E-state index in [1.807, 2.05) is 31.2 Å². The van der Waals surface area contributed by atoms with Crippen LogP contribution in [0.1, 0.15) is 28.9 Å². The average Bonchev–Trinajstić information content (AvgIpc) is 2.87. The van der Waals surface area contributed by atoms with E-state index in [0.717, 1.165) is 5.56 Å². The van der Waals surface area contributed by atoms with Gasteiger partial charge in [0.2, 0.25) is 15.6 Å². The number of carbonyl (C=O) groups excluding carboxylic acids is 1. The molecule has 9 nitrogen and oxygen atoms in total. The average molecular weight is 486 g/mol. The Morgan fingerprint density at radius 1 is 1.12 bits per heavy atom. The summed E-state index contributed by atoms with van der Waals surface area (Å²) in [7, 11) is -0.533. The molecule has 180 valence electrons. The molecule has 0 radical (unpaired) electrons. The van der Waals surface area contributed by atoms with E-state index in [1.54, 1.807) is 14.2 Å². The van der Waals surface area contributed by atoms with E-state index in [9.17, 15) is 18.0 Å². The molecule has 0 aliphatic carbocycles. The molecule has 1 aliphatic rings. The van der Waals surface area contributed by atoms with Gasteiger partial charge in [0.1, 0.15) is 5.75 Å². The third-order valence-corrected chi connectivity index (χ3v) is 8.05. The maximum Gasteiger partial charge on any atom is 0.254 e. The summed E-state index contributed by atoms with van der Waals surface area (Å²) in [5.74, 6) is 0.319. The fourth-order valence-electron chi connectivity index (χ4n) is 3.98. The van der Waals surface area contributed by atoms with Crippen LogP contribution in [0.5, 0.6) is 5.75 Å². The van der Waals surface area contributed by atoms with Gasteiger partial charge in [0.05, 0.1) is 36.8 Å². The summed E-state index contributed by atoms with van der Waals surface area (Å²) in [6.45, 7) is 3.07. The molecule has 1 fully saturated rings. The number of aromatic nitrogens is 1. The van der Waals surface area contributed by atoms with Crippen LogP contribution in [0.15, 0.2) is 58.2 Å². The molecule has 1 atom stereocenters. The lowest BCUT2D eigenvalue weighted by Gasteiger charge is -2.27. The van der Waals surface area contributed by atoms with Gasteiger partial charge in [-0.25, -0.2) is 8.42 Å². The van der Waals surface area contributed by atoms with E-state index < -0.39 is 15.6 Å². The number of amides is 1. The number of methoxy groups -OCH3 is 1. The number of carbonyl (C=O) groups is 1. The molecule has 0 saturated carbocycles. The Morgan fingerprint density at radius 3 is 2.44 bits per heavy atom. The molecule has 3 aromatic rings. The van der Waals surface area contributed by atoms with Gasteiger partial charge < -0.3 is 19.4 Å². The van der Waals surface area contributed by atoms with Gasteiger partial charge in [-0.05, 0) is 42.8 Å². The van der Waals surface area contributed by atoms with Crippen LogP contribution in [-0.4, -0.2) is 69.0 Å². The van der Waals surface area contributed by atoms with Crippen LogP contribution in [0.2, 0.25) is 0 Å². The highest BCUT2D eigenvalue weighted by atomic mass is 32.2. The molecule has 1 unspecified atom stereocenters. The number of rotatable bonds is 6. The van der Waals surface area contributed by atoms with Gasteiger partial charge in [0, 0.05) is 37.1 Å². The zero-order valence-corrected chi connectivity index (χ0v) is 20.1. The van der Waals surface area contributed by atoms with Crippen LogP contribution in [-0.2, 0) is 14.8 Å². The number of nitrogens with one attached hydrogen (secondary N) is 1. The number of hydrogen-bond donors (Lipinski definition) is 1. The van der Waals surface area contributed by atoms with Crippen molar-refractivity contribution in [2.24, 2.45) is 0 Å². The Kier molecular flexibility index (Phi) is 6.74. The van der Waals surface area contributed by atoms with Crippen LogP contribution in [0, 0.1) is 0 Å². The molecular formula is C24H27N3O6S. The van der Waals surface area contributed by atoms with Crippen molar-refractivity contribution in [2.75, 3.05) is 40.5 Å². The molecule has 2 aromatic carbocycles. The largest absolute Gasteiger partial charge is 0.497 e. The second-order valence-electron chi connectivity index (χ2n) is 8.14. The van der Waals surface area contributed by atoms with E-state index >= 15 is 0 Å². The number of aromatic amines is 1. The normalized spacial score (nSPS) is 15.7. The molecule has 34 heavy (non-hydrogen) atoms. The summed E-state index contributed by atoms with van der Waals surface area (Å²) in [6, 6.07) is 12.7. The lowest BCUT2D eigenvalue weighted by atomic mass is 10.0. The number of nitrogens with zero attached hydrogens (tertiary/aromatic N) is 2. The van der Waals surface area contributed by atoms with Crippen LogP contribution in [0.25, 0.3) is 10.9 Å². The Morgan fingerprint density at radius 2 is 1.79 bits per heavy atom. The number of hydrogen-bond acceptors (Lipinski definition) is 6. The molecule has 0 bridgehead atoms. The first kappa shape index (κ1) is 23.9. The van der Waals surface area contributed by atoms with Crippen LogP contribution in [0.4, 0.5) is 0 Å². The van der Waals surface area contributed by atoms with Crippen molar-refractivity contribution < 1.29 is 22.7 Å². The Balaban J connectivity index is 1.72. The SMILES string of the molecule is COc1ccc(C(C)N(C)C(=O)c2cc(=O)[nH]c3ccc(S(=O)(=O)N4CCOCC4)cc23)cc1. The minimum absolute atomic E-state index is 0.0638. The lowest BCUT2D eigenvalue weighted by Crippen LogP contribution is -2.40. The van der Waals surface area contributed by atoms with E-state index in [1.165, 1.54) is 33.5 Å². The summed E-state index contributed by atoms with van der Waals surface area (Å²) in [5.41, 5.74) is 0.981. The fraction of sp³-hybridized carbons (Fsp3) is 0.333. The molecule has 0 spiro atoms. The highest BCUT2D eigenvalue weighted by Gasteiger charge is 2.28. The van der Waals surface area contributed by atoms with Crippen LogP contribution in [0.3, 0.4) is 0 Å². The first-order valence-electron chi connectivity index (χ1n) is 10.9. The summed E-state index contributed by atoms with van der Waals surface area (Å²) >= 11 is 0. The number of sulfonamides is 1. The molecule has 2 heterocycles. The third-order valence-electron chi connectivity index (χ3n) is 6.15. The smallest absolute Gasteiger partial charge is 0.254 e. The molecule has 1 N–H and O–H groups in total. The Bertz CT molecular complexity index is 1360. The number of benzene rings is 2. The Labute approximate surface area is 197 Å². The molecule has 1 saturated heterocycles. The van der Waals surface area contributed by atoms with Gasteiger partial charge in [-0.1, -0.05) is 12.1 Å². The quantitative estimate of drug-likeness (QED) is 0.574. The molecule has 1 aliphatic heterocycles. The van der Waals surface area contributed by atoms with Gasteiger partial charge in [0.15, 0.2) is 0 Å². The predicted octanol–water partition coefficient (Wildman–Crippen LogP) is 2.39. The minimum Gasteiger partial charge on any atom is -0.497 e. The van der Waals surface area contributed by atoms with Crippen molar-refractivity contribution >= 4 is 26.8 Å². The number of ether oxygens (including phenoxy) is 2. The van der Waals surface area contributed by atoms with E-state index in [2.05, 4.69) is 4.98 Å². The summed E-state index contributed by atoms with van der Waals surface area (Å²) < 4.78 is 38.1. The molecule has 10 heteroatoms. The van der Waals surface area contributed by atoms with E-state index in [0.29, 0.717) is 29.9 Å². The van der Waals surface area contributed by atoms with Crippen LogP contribution >= 0.6 is 0 Å². The monoisotopic (exact) mass is 485 g/mol. The molecule has 1 amide bonds. The fourth-order valence-corrected chi connectivity index (χ4v) is 5.41. The molecule has 4 rings (SSSR count). The number of H-pyrrole nitrogens is 1. The predicted molar refractivity (Wildman–Crippen MR) is 128 cm³/mol. The van der Waals surface area contributed by atoms with Crippen molar-refractivity contribution in [3.63, 3.8) is 0 Å². The maximum atomic E-state index is 13.5. The zero-order chi connectivity index (χ0) is 24.5. The van der Waals surface area contributed by atoms with Gasteiger partial charge in [0.25, 0.3) is 5.91 Å². The minimum atomic E-state index is -3.77. The summed E-state index contributed by atoms with van der Waals surface area (Å²) in [6.07, 6.45) is 0. The van der Waals surface area contributed by atoms with Crippen LogP contribution < -0.4 is 10.3 Å². The van der Waals surface area contributed by atoms with Crippen molar-refractivity contribution in [1.82, 2.24) is 14.2 Å². The zero-order valence-electron chi connectivity index (χ0n) is 19.3. The van der Waals surface area contributed by atoms with Gasteiger partial charge >= 0.3 is 0 Å².